The van der Waals surface area contributed by atoms with Gasteiger partial charge in [-0.1, -0.05) is 134 Å². The maximum Gasteiger partial charge on any atom is 0.472 e. The van der Waals surface area contributed by atoms with E-state index < -0.39 is 7.82 Å². The highest BCUT2D eigenvalue weighted by atomic mass is 31.2. The van der Waals surface area contributed by atoms with Crippen LogP contribution in [0.1, 0.15) is 128 Å². The van der Waals surface area contributed by atoms with E-state index in [1.807, 2.05) is 51.5 Å². The summed E-state index contributed by atoms with van der Waals surface area (Å²) in [5.41, 5.74) is 0.959. The Morgan fingerprint density at radius 2 is 1.16 bits per heavy atom. The van der Waals surface area contributed by atoms with Crippen LogP contribution < -0.4 is 0 Å². The van der Waals surface area contributed by atoms with Gasteiger partial charge in [-0.3, -0.25) is 9.05 Å². The molecule has 1 unspecified atom stereocenters. The molecule has 0 aliphatic heterocycles. The van der Waals surface area contributed by atoms with Gasteiger partial charge in [-0.2, -0.15) is 0 Å². The number of amides is 1. The molecule has 0 heterocycles. The van der Waals surface area contributed by atoms with Crippen molar-refractivity contribution in [3.63, 3.8) is 0 Å². The van der Waals surface area contributed by atoms with Gasteiger partial charge in [0.1, 0.15) is 19.8 Å². The van der Waals surface area contributed by atoms with Crippen LogP contribution in [-0.4, -0.2) is 74.4 Å². The summed E-state index contributed by atoms with van der Waals surface area (Å²) in [4.78, 5) is 24.6. The molecule has 0 spiro atoms. The first-order valence-electron chi connectivity index (χ1n) is 17.5. The number of rotatable bonds is 29. The van der Waals surface area contributed by atoms with E-state index in [9.17, 15) is 14.3 Å². The Bertz CT molecular complexity index is 865. The Morgan fingerprint density at radius 1 is 0.705 bits per heavy atom. The lowest BCUT2D eigenvalue weighted by Gasteiger charge is -2.24. The Balaban J connectivity index is 2.24. The van der Waals surface area contributed by atoms with Gasteiger partial charge in [0.15, 0.2) is 0 Å². The summed E-state index contributed by atoms with van der Waals surface area (Å²) in [6, 6.07) is 9.70. The van der Waals surface area contributed by atoms with Crippen molar-refractivity contribution in [3.05, 3.63) is 35.9 Å². The van der Waals surface area contributed by atoms with Crippen molar-refractivity contribution in [3.8, 4) is 0 Å². The Morgan fingerprint density at radius 3 is 1.66 bits per heavy atom. The molecule has 0 aliphatic carbocycles. The van der Waals surface area contributed by atoms with Gasteiger partial charge < -0.3 is 19.0 Å². The molecule has 0 bridgehead atoms. The number of phosphoric ester groups is 1. The van der Waals surface area contributed by atoms with Crippen LogP contribution in [-0.2, 0) is 25.0 Å². The van der Waals surface area contributed by atoms with Crippen LogP contribution in [0.15, 0.2) is 30.3 Å². The second-order valence-electron chi connectivity index (χ2n) is 13.2. The number of likely N-dealkylation sites (N-methyl/N-ethyl adjacent to an activating group) is 1. The van der Waals surface area contributed by atoms with E-state index in [0.29, 0.717) is 37.0 Å². The summed E-state index contributed by atoms with van der Waals surface area (Å²) in [6.07, 6.45) is 21.9. The van der Waals surface area contributed by atoms with Crippen molar-refractivity contribution in [1.29, 1.82) is 0 Å². The molecular weight excluding hydrogens is 575 g/mol. The zero-order chi connectivity index (χ0) is 32.4. The SMILES string of the molecule is CCCCCCCCCCCCCCCCCCN(CCCCOP(=O)(O)OCC[N+](C)(C)C)C(=O)OCc1ccccc1. The standard InChI is InChI=1S/C35H65N2O6P/c1-5-6-7-8-9-10-11-12-13-14-15-16-17-18-19-23-28-36(35(38)41-33-34-26-21-20-22-27-34)29-24-25-31-42-44(39,40)43-32-30-37(2,3)4/h20-22,26-27H,5-19,23-25,28-33H2,1-4H3/p+1. The fourth-order valence-corrected chi connectivity index (χ4v) is 5.75. The van der Waals surface area contributed by atoms with Gasteiger partial charge in [0, 0.05) is 13.1 Å². The van der Waals surface area contributed by atoms with Crippen molar-refractivity contribution in [2.45, 2.75) is 129 Å². The highest BCUT2D eigenvalue weighted by molar-refractivity contribution is 7.47. The zero-order valence-electron chi connectivity index (χ0n) is 28.7. The van der Waals surface area contributed by atoms with Gasteiger partial charge in [-0.05, 0) is 24.8 Å². The van der Waals surface area contributed by atoms with Crippen molar-refractivity contribution in [2.24, 2.45) is 0 Å². The second-order valence-corrected chi connectivity index (χ2v) is 14.6. The normalized spacial score (nSPS) is 13.1. The largest absolute Gasteiger partial charge is 0.472 e. The van der Waals surface area contributed by atoms with Gasteiger partial charge in [0.25, 0.3) is 0 Å². The van der Waals surface area contributed by atoms with Crippen LogP contribution in [0.25, 0.3) is 0 Å². The maximum atomic E-state index is 12.9. The molecule has 1 aromatic rings. The fraction of sp³-hybridized carbons (Fsp3) is 0.800. The van der Waals surface area contributed by atoms with E-state index in [-0.39, 0.29) is 25.9 Å². The lowest BCUT2D eigenvalue weighted by Crippen LogP contribution is -2.37. The smallest absolute Gasteiger partial charge is 0.445 e. The number of benzene rings is 1. The summed E-state index contributed by atoms with van der Waals surface area (Å²) < 4.78 is 28.6. The molecule has 1 amide bonds. The molecule has 0 saturated heterocycles. The zero-order valence-corrected chi connectivity index (χ0v) is 29.6. The lowest BCUT2D eigenvalue weighted by atomic mass is 10.0. The molecular formula is C35H66N2O6P+. The molecule has 8 nitrogen and oxygen atoms in total. The summed E-state index contributed by atoms with van der Waals surface area (Å²) in [5, 5.41) is 0. The first-order chi connectivity index (χ1) is 21.1. The maximum absolute atomic E-state index is 12.9. The molecule has 0 fully saturated rings. The van der Waals surface area contributed by atoms with Gasteiger partial charge in [-0.25, -0.2) is 9.36 Å². The minimum atomic E-state index is -4.07. The average Bonchev–Trinajstić information content (AvgIpc) is 2.98. The lowest BCUT2D eigenvalue weighted by molar-refractivity contribution is -0.870. The predicted octanol–water partition coefficient (Wildman–Crippen LogP) is 9.51. The monoisotopic (exact) mass is 641 g/mol. The van der Waals surface area contributed by atoms with Crippen LogP contribution in [0, 0.1) is 0 Å². The van der Waals surface area contributed by atoms with Crippen LogP contribution >= 0.6 is 7.82 Å². The average molecular weight is 642 g/mol. The third-order valence-corrected chi connectivity index (χ3v) is 8.86. The van der Waals surface area contributed by atoms with E-state index in [1.54, 1.807) is 4.90 Å². The van der Waals surface area contributed by atoms with Gasteiger partial charge in [-0.15, -0.1) is 0 Å². The van der Waals surface area contributed by atoms with Crippen molar-refractivity contribution < 1.29 is 32.5 Å². The molecule has 256 valence electrons. The molecule has 0 radical (unpaired) electrons. The third-order valence-electron chi connectivity index (χ3n) is 7.84. The van der Waals surface area contributed by atoms with E-state index in [4.69, 9.17) is 13.8 Å². The Hall–Kier alpha value is -1.44. The number of ether oxygens (including phenoxy) is 1. The third kappa shape index (κ3) is 24.8. The highest BCUT2D eigenvalue weighted by Crippen LogP contribution is 2.43. The van der Waals surface area contributed by atoms with Crippen LogP contribution in [0.5, 0.6) is 0 Å². The van der Waals surface area contributed by atoms with Gasteiger partial charge in [0.05, 0.1) is 27.7 Å². The fourth-order valence-electron chi connectivity index (χ4n) is 5.01. The molecule has 1 N–H and O–H groups in total. The van der Waals surface area contributed by atoms with Gasteiger partial charge >= 0.3 is 13.9 Å². The first-order valence-corrected chi connectivity index (χ1v) is 19.0. The molecule has 9 heteroatoms. The Kier molecular flexibility index (Phi) is 23.7. The van der Waals surface area contributed by atoms with Crippen molar-refractivity contribution >= 4 is 13.9 Å². The number of nitrogens with zero attached hydrogens (tertiary/aromatic N) is 2. The number of unbranched alkanes of at least 4 members (excludes halogenated alkanes) is 16. The number of carbonyl (C=O) groups is 1. The van der Waals surface area contributed by atoms with E-state index in [0.717, 1.165) is 18.4 Å². The molecule has 44 heavy (non-hydrogen) atoms. The minimum Gasteiger partial charge on any atom is -0.445 e. The molecule has 1 atom stereocenters. The quantitative estimate of drug-likeness (QED) is 0.0533. The number of hydrogen-bond donors (Lipinski definition) is 1. The molecule has 1 aromatic carbocycles. The summed E-state index contributed by atoms with van der Waals surface area (Å²) in [5.74, 6) is 0. The Labute approximate surface area is 270 Å². The van der Waals surface area contributed by atoms with Crippen LogP contribution in [0.2, 0.25) is 0 Å². The van der Waals surface area contributed by atoms with Crippen LogP contribution in [0.3, 0.4) is 0 Å². The number of phosphoric acid groups is 1. The minimum absolute atomic E-state index is 0.101. The first kappa shape index (κ1) is 40.6. The predicted molar refractivity (Wildman–Crippen MR) is 182 cm³/mol. The van der Waals surface area contributed by atoms with Crippen molar-refractivity contribution in [2.75, 3.05) is 54.0 Å². The second kappa shape index (κ2) is 25.7. The molecule has 0 saturated carbocycles. The number of hydrogen-bond acceptors (Lipinski definition) is 5. The highest BCUT2D eigenvalue weighted by Gasteiger charge is 2.22. The van der Waals surface area contributed by atoms with E-state index in [2.05, 4.69) is 6.92 Å². The number of carbonyl (C=O) groups excluding carboxylic acids is 1. The summed E-state index contributed by atoms with van der Waals surface area (Å²) in [6.45, 7) is 4.55. The molecule has 0 aromatic heterocycles. The van der Waals surface area contributed by atoms with Gasteiger partial charge in [0.2, 0.25) is 0 Å². The van der Waals surface area contributed by atoms with Crippen LogP contribution in [0.4, 0.5) is 4.79 Å². The van der Waals surface area contributed by atoms with Crippen molar-refractivity contribution in [1.82, 2.24) is 4.90 Å². The summed E-state index contributed by atoms with van der Waals surface area (Å²) >= 11 is 0. The van der Waals surface area contributed by atoms with E-state index in [1.165, 1.54) is 89.9 Å². The van der Waals surface area contributed by atoms with E-state index >= 15 is 0 Å². The molecule has 0 aliphatic rings. The summed E-state index contributed by atoms with van der Waals surface area (Å²) in [7, 11) is 1.90. The number of quaternary nitrogens is 1. The topological polar surface area (TPSA) is 85.3 Å². The molecule has 1 rings (SSSR count).